The zero-order valence-corrected chi connectivity index (χ0v) is 27.4. The van der Waals surface area contributed by atoms with Gasteiger partial charge in [-0.25, -0.2) is 4.52 Å². The normalized spacial score (nSPS) is 15.8. The molecule has 45 heavy (non-hydrogen) atoms. The Hall–Kier alpha value is -3.60. The molecule has 2 aliphatic rings. The average Bonchev–Trinajstić information content (AvgIpc) is 3.79. The first-order chi connectivity index (χ1) is 21.8. The number of pyridine rings is 1. The zero-order valence-electron chi connectivity index (χ0n) is 26.6. The van der Waals surface area contributed by atoms with Crippen LogP contribution < -0.4 is 14.4 Å². The molecular formula is C35H43N3O6S. The third-order valence-electron chi connectivity index (χ3n) is 8.86. The van der Waals surface area contributed by atoms with Gasteiger partial charge in [0.05, 0.1) is 53.9 Å². The molecule has 3 heterocycles. The minimum atomic E-state index is -3.94. The van der Waals surface area contributed by atoms with Crippen LogP contribution in [0.3, 0.4) is 0 Å². The molecule has 0 radical (unpaired) electrons. The maximum Gasteiger partial charge on any atom is 0.297 e. The van der Waals surface area contributed by atoms with Gasteiger partial charge < -0.3 is 19.1 Å². The number of methoxy groups -OCH3 is 2. The molecule has 6 rings (SSSR count). The minimum absolute atomic E-state index is 0.115. The molecule has 0 bridgehead atoms. The molecule has 0 amide bonds. The van der Waals surface area contributed by atoms with Crippen LogP contribution in [-0.2, 0) is 32.1 Å². The number of aromatic nitrogens is 2. The summed E-state index contributed by atoms with van der Waals surface area (Å²) in [7, 11) is -0.740. The molecule has 2 aromatic carbocycles. The molecule has 2 aromatic heterocycles. The summed E-state index contributed by atoms with van der Waals surface area (Å²) < 4.78 is 50.6. The zero-order chi connectivity index (χ0) is 31.6. The van der Waals surface area contributed by atoms with Crippen LogP contribution in [0.25, 0.3) is 16.8 Å². The third-order valence-corrected chi connectivity index (χ3v) is 10.1. The number of fused-ring (bicyclic) bond motifs is 1. The highest BCUT2D eigenvalue weighted by Crippen LogP contribution is 2.42. The number of ether oxygens (including phenoxy) is 3. The monoisotopic (exact) mass is 633 g/mol. The topological polar surface area (TPSA) is 91.6 Å². The lowest BCUT2D eigenvalue weighted by Gasteiger charge is -2.31. The summed E-state index contributed by atoms with van der Waals surface area (Å²) in [5.41, 5.74) is 6.49. The molecule has 9 nitrogen and oxygen atoms in total. The molecule has 10 heteroatoms. The first kappa shape index (κ1) is 31.4. The van der Waals surface area contributed by atoms with Crippen LogP contribution in [0.4, 0.5) is 5.69 Å². The Morgan fingerprint density at radius 1 is 0.933 bits per heavy atom. The Kier molecular flexibility index (Phi) is 9.35. The van der Waals surface area contributed by atoms with Gasteiger partial charge in [-0.3, -0.25) is 4.18 Å². The molecule has 1 saturated carbocycles. The van der Waals surface area contributed by atoms with Gasteiger partial charge >= 0.3 is 0 Å². The molecule has 0 N–H and O–H groups in total. The Labute approximate surface area is 266 Å². The minimum Gasteiger partial charge on any atom is -0.496 e. The molecule has 1 aliphatic carbocycles. The summed E-state index contributed by atoms with van der Waals surface area (Å²) in [4.78, 5) is 2.70. The van der Waals surface area contributed by atoms with Crippen molar-refractivity contribution in [1.29, 1.82) is 0 Å². The van der Waals surface area contributed by atoms with Crippen molar-refractivity contribution in [2.75, 3.05) is 45.4 Å². The molecule has 1 aliphatic heterocycles. The fourth-order valence-electron chi connectivity index (χ4n) is 6.21. The van der Waals surface area contributed by atoms with Gasteiger partial charge in [0, 0.05) is 26.3 Å². The summed E-state index contributed by atoms with van der Waals surface area (Å²) in [6, 6.07) is 16.4. The highest BCUT2D eigenvalue weighted by molar-refractivity contribution is 7.86. The lowest BCUT2D eigenvalue weighted by Crippen LogP contribution is -2.34. The molecule has 0 atom stereocenters. The van der Waals surface area contributed by atoms with Gasteiger partial charge in [-0.1, -0.05) is 30.7 Å². The second kappa shape index (κ2) is 13.4. The largest absolute Gasteiger partial charge is 0.496 e. The fraction of sp³-hybridized carbons (Fsp3) is 0.457. The van der Waals surface area contributed by atoms with Crippen molar-refractivity contribution >= 4 is 21.3 Å². The maximum atomic E-state index is 12.9. The molecule has 240 valence electrons. The van der Waals surface area contributed by atoms with Crippen LogP contribution in [0.1, 0.15) is 49.4 Å². The maximum absolute atomic E-state index is 12.9. The quantitative estimate of drug-likeness (QED) is 0.156. The molecule has 1 saturated heterocycles. The third kappa shape index (κ3) is 6.83. The van der Waals surface area contributed by atoms with Crippen LogP contribution >= 0.6 is 0 Å². The number of rotatable bonds is 13. The van der Waals surface area contributed by atoms with E-state index in [-0.39, 0.29) is 11.5 Å². The second-order valence-electron chi connectivity index (χ2n) is 12.2. The lowest BCUT2D eigenvalue weighted by atomic mass is 9.99. The van der Waals surface area contributed by atoms with E-state index in [0.717, 1.165) is 79.5 Å². The summed E-state index contributed by atoms with van der Waals surface area (Å²) in [5.74, 6) is 2.42. The van der Waals surface area contributed by atoms with Crippen molar-refractivity contribution in [2.45, 2.75) is 57.5 Å². The SMILES string of the molecule is CCc1nn2c(-c3c(OC)cc(COS(=O)(=O)c4ccc(C)cc4)cc3OC)cccc2c1N(CC1CCOCC1)CC1CC1. The average molecular weight is 634 g/mol. The Bertz CT molecular complexity index is 1720. The summed E-state index contributed by atoms with van der Waals surface area (Å²) in [6.45, 7) is 7.62. The van der Waals surface area contributed by atoms with Crippen LogP contribution in [0.2, 0.25) is 0 Å². The van der Waals surface area contributed by atoms with E-state index in [4.69, 9.17) is 23.5 Å². The van der Waals surface area contributed by atoms with E-state index in [9.17, 15) is 8.42 Å². The number of benzene rings is 2. The fourth-order valence-corrected chi connectivity index (χ4v) is 7.10. The summed E-state index contributed by atoms with van der Waals surface area (Å²) in [5, 5.41) is 5.17. The number of aryl methyl sites for hydroxylation is 2. The van der Waals surface area contributed by atoms with Gasteiger partial charge in [-0.2, -0.15) is 13.5 Å². The first-order valence-electron chi connectivity index (χ1n) is 15.9. The van der Waals surface area contributed by atoms with E-state index in [1.54, 1.807) is 50.6 Å². The standard InChI is InChI=1S/C35H43N3O6S/c1-5-29-35(37(21-25-11-12-25)22-26-15-17-43-18-16-26)31-8-6-7-30(38(31)36-29)34-32(41-3)19-27(20-33(34)42-4)23-44-45(39,40)28-13-9-24(2)10-14-28/h6-10,13-14,19-20,25-26H,5,11-12,15-18,21-23H2,1-4H3. The highest BCUT2D eigenvalue weighted by atomic mass is 32.2. The van der Waals surface area contributed by atoms with Crippen LogP contribution in [-0.4, -0.2) is 58.6 Å². The lowest BCUT2D eigenvalue weighted by molar-refractivity contribution is 0.0681. The van der Waals surface area contributed by atoms with E-state index in [1.807, 2.05) is 17.5 Å². The Balaban J connectivity index is 1.36. The molecule has 4 aromatic rings. The van der Waals surface area contributed by atoms with Crippen LogP contribution in [0, 0.1) is 18.8 Å². The molecular weight excluding hydrogens is 590 g/mol. The molecule has 2 fully saturated rings. The van der Waals surface area contributed by atoms with E-state index < -0.39 is 10.1 Å². The van der Waals surface area contributed by atoms with E-state index in [2.05, 4.69) is 24.0 Å². The predicted molar refractivity (Wildman–Crippen MR) is 175 cm³/mol. The van der Waals surface area contributed by atoms with Gasteiger partial charge in [-0.15, -0.1) is 0 Å². The van der Waals surface area contributed by atoms with Gasteiger partial charge in [0.1, 0.15) is 11.5 Å². The van der Waals surface area contributed by atoms with Gasteiger partial charge in [-0.05, 0) is 92.8 Å². The first-order valence-corrected chi connectivity index (χ1v) is 17.3. The second-order valence-corrected chi connectivity index (χ2v) is 13.8. The van der Waals surface area contributed by atoms with Crippen molar-refractivity contribution in [3.05, 3.63) is 71.4 Å². The number of nitrogens with zero attached hydrogens (tertiary/aromatic N) is 3. The van der Waals surface area contributed by atoms with Gasteiger partial charge in [0.25, 0.3) is 10.1 Å². The summed E-state index contributed by atoms with van der Waals surface area (Å²) in [6.07, 6.45) is 5.55. The molecule has 0 spiro atoms. The van der Waals surface area contributed by atoms with Crippen molar-refractivity contribution in [2.24, 2.45) is 11.8 Å². The Morgan fingerprint density at radius 3 is 2.18 bits per heavy atom. The summed E-state index contributed by atoms with van der Waals surface area (Å²) >= 11 is 0. The van der Waals surface area contributed by atoms with Gasteiger partial charge in [0.2, 0.25) is 0 Å². The van der Waals surface area contributed by atoms with Crippen molar-refractivity contribution in [3.63, 3.8) is 0 Å². The smallest absolute Gasteiger partial charge is 0.297 e. The van der Waals surface area contributed by atoms with E-state index in [0.29, 0.717) is 23.0 Å². The highest BCUT2D eigenvalue weighted by Gasteiger charge is 2.30. The van der Waals surface area contributed by atoms with Crippen molar-refractivity contribution < 1.29 is 26.8 Å². The predicted octanol–water partition coefficient (Wildman–Crippen LogP) is 6.44. The van der Waals surface area contributed by atoms with E-state index in [1.165, 1.54) is 18.5 Å². The van der Waals surface area contributed by atoms with Crippen molar-refractivity contribution in [1.82, 2.24) is 9.61 Å². The number of hydrogen-bond donors (Lipinski definition) is 0. The van der Waals surface area contributed by atoms with E-state index >= 15 is 0 Å². The van der Waals surface area contributed by atoms with Crippen LogP contribution in [0.15, 0.2) is 59.5 Å². The number of anilines is 1. The molecule has 0 unspecified atom stereocenters. The number of hydrogen-bond acceptors (Lipinski definition) is 8. The Morgan fingerprint density at radius 2 is 1.58 bits per heavy atom. The van der Waals surface area contributed by atoms with Gasteiger partial charge in [0.15, 0.2) is 0 Å². The van der Waals surface area contributed by atoms with Crippen molar-refractivity contribution in [3.8, 4) is 22.8 Å². The van der Waals surface area contributed by atoms with Crippen LogP contribution in [0.5, 0.6) is 11.5 Å².